The van der Waals surface area contributed by atoms with Gasteiger partial charge in [0.05, 0.1) is 31.6 Å². The summed E-state index contributed by atoms with van der Waals surface area (Å²) in [4.78, 5) is 15.4. The first-order valence-corrected chi connectivity index (χ1v) is 11.2. The van der Waals surface area contributed by atoms with Gasteiger partial charge >= 0.3 is 0 Å². The van der Waals surface area contributed by atoms with E-state index in [4.69, 9.17) is 14.2 Å². The summed E-state index contributed by atoms with van der Waals surface area (Å²) in [5.41, 5.74) is 3.97. The molecular weight excluding hydrogens is 423 g/mol. The van der Waals surface area contributed by atoms with E-state index in [1.165, 1.54) is 12.1 Å². The van der Waals surface area contributed by atoms with Crippen molar-refractivity contribution < 1.29 is 23.4 Å². The first-order chi connectivity index (χ1) is 16.0. The van der Waals surface area contributed by atoms with Crippen molar-refractivity contribution in [1.82, 2.24) is 9.47 Å². The summed E-state index contributed by atoms with van der Waals surface area (Å²) in [6, 6.07) is 15.9. The molecular formula is C26H27FN2O4. The van der Waals surface area contributed by atoms with Crippen LogP contribution in [0.3, 0.4) is 0 Å². The number of likely N-dealkylation sites (tertiary alicyclic amines) is 1. The second-order valence-corrected chi connectivity index (χ2v) is 8.47. The Morgan fingerprint density at radius 3 is 2.39 bits per heavy atom. The lowest BCUT2D eigenvalue weighted by atomic mass is 10.0. The zero-order valence-corrected chi connectivity index (χ0v) is 18.8. The van der Waals surface area contributed by atoms with Crippen LogP contribution in [0.15, 0.2) is 54.6 Å². The predicted octanol–water partition coefficient (Wildman–Crippen LogP) is 4.58. The van der Waals surface area contributed by atoms with Gasteiger partial charge in [-0.15, -0.1) is 0 Å². The number of amides is 1. The van der Waals surface area contributed by atoms with Crippen LogP contribution >= 0.6 is 0 Å². The summed E-state index contributed by atoms with van der Waals surface area (Å²) in [6.45, 7) is 4.30. The van der Waals surface area contributed by atoms with Crippen LogP contribution in [0.2, 0.25) is 0 Å². The molecule has 0 aliphatic carbocycles. The van der Waals surface area contributed by atoms with Crippen LogP contribution < -0.4 is 4.74 Å². The third kappa shape index (κ3) is 4.03. The number of hydrogen-bond acceptors (Lipinski definition) is 4. The number of halogens is 1. The third-order valence-corrected chi connectivity index (χ3v) is 6.55. The average Bonchev–Trinajstić information content (AvgIpc) is 3.44. The van der Waals surface area contributed by atoms with Crippen molar-refractivity contribution >= 4 is 5.91 Å². The van der Waals surface area contributed by atoms with Gasteiger partial charge in [-0.25, -0.2) is 4.39 Å². The van der Waals surface area contributed by atoms with Crippen molar-refractivity contribution in [2.45, 2.75) is 25.6 Å². The third-order valence-electron chi connectivity index (χ3n) is 6.55. The fourth-order valence-corrected chi connectivity index (χ4v) is 4.75. The normalized spacial score (nSPS) is 17.5. The van der Waals surface area contributed by atoms with Crippen molar-refractivity contribution in [1.29, 1.82) is 0 Å². The molecule has 3 aromatic rings. The van der Waals surface area contributed by atoms with Crippen LogP contribution in [0.25, 0.3) is 16.9 Å². The minimum Gasteiger partial charge on any atom is -0.497 e. The standard InChI is InChI=1S/C26H27FN2O4/c1-18-23(25(30)28-12-10-26(11-13-28)32-14-15-33-26)17-24(19-4-3-5-22(16-19)31-2)29(18)21-8-6-20(27)7-9-21/h3-9,16-17H,10-15H2,1-2H3. The van der Waals surface area contributed by atoms with Gasteiger partial charge in [0, 0.05) is 42.9 Å². The maximum atomic E-state index is 13.6. The van der Waals surface area contributed by atoms with E-state index in [0.29, 0.717) is 44.7 Å². The molecule has 2 fully saturated rings. The van der Waals surface area contributed by atoms with Gasteiger partial charge in [-0.2, -0.15) is 0 Å². The first kappa shape index (κ1) is 21.7. The molecule has 172 valence electrons. The molecule has 1 amide bonds. The molecule has 5 rings (SSSR count). The maximum Gasteiger partial charge on any atom is 0.255 e. The van der Waals surface area contributed by atoms with Crippen molar-refractivity contribution in [2.75, 3.05) is 33.4 Å². The highest BCUT2D eigenvalue weighted by Gasteiger charge is 2.41. The summed E-state index contributed by atoms with van der Waals surface area (Å²) in [5, 5.41) is 0. The van der Waals surface area contributed by atoms with E-state index < -0.39 is 5.79 Å². The van der Waals surface area contributed by atoms with Gasteiger partial charge in [-0.05, 0) is 49.4 Å². The average molecular weight is 451 g/mol. The molecule has 0 radical (unpaired) electrons. The second kappa shape index (κ2) is 8.65. The van der Waals surface area contributed by atoms with E-state index in [0.717, 1.165) is 28.4 Å². The SMILES string of the molecule is COc1cccc(-c2cc(C(=O)N3CCC4(CC3)OCCO4)c(C)n2-c2ccc(F)cc2)c1. The van der Waals surface area contributed by atoms with E-state index >= 15 is 0 Å². The van der Waals surface area contributed by atoms with Crippen molar-refractivity contribution in [3.05, 3.63) is 71.7 Å². The van der Waals surface area contributed by atoms with Gasteiger partial charge in [0.15, 0.2) is 5.79 Å². The minimum atomic E-state index is -0.530. The molecule has 7 heteroatoms. The Morgan fingerprint density at radius 2 is 1.73 bits per heavy atom. The zero-order valence-electron chi connectivity index (χ0n) is 18.8. The minimum absolute atomic E-state index is 0.0228. The van der Waals surface area contributed by atoms with E-state index in [2.05, 4.69) is 0 Å². The number of aromatic nitrogens is 1. The molecule has 0 unspecified atom stereocenters. The Labute approximate surface area is 192 Å². The topological polar surface area (TPSA) is 52.9 Å². The number of methoxy groups -OCH3 is 1. The molecule has 2 aliphatic heterocycles. The first-order valence-electron chi connectivity index (χ1n) is 11.2. The molecule has 1 aromatic heterocycles. The number of rotatable bonds is 4. The van der Waals surface area contributed by atoms with E-state index in [9.17, 15) is 9.18 Å². The van der Waals surface area contributed by atoms with Crippen molar-refractivity contribution in [2.24, 2.45) is 0 Å². The number of carbonyl (C=O) groups excluding carboxylic acids is 1. The predicted molar refractivity (Wildman–Crippen MR) is 122 cm³/mol. The molecule has 0 atom stereocenters. The van der Waals surface area contributed by atoms with Crippen LogP contribution in [0.1, 0.15) is 28.9 Å². The van der Waals surface area contributed by atoms with Crippen LogP contribution in [0.5, 0.6) is 5.75 Å². The Morgan fingerprint density at radius 1 is 1.03 bits per heavy atom. The van der Waals surface area contributed by atoms with Gasteiger partial charge in [0.2, 0.25) is 0 Å². The molecule has 2 aliphatic rings. The Balaban J connectivity index is 1.53. The number of benzene rings is 2. The van der Waals surface area contributed by atoms with E-state index in [-0.39, 0.29) is 11.7 Å². The highest BCUT2D eigenvalue weighted by molar-refractivity contribution is 5.97. The molecule has 2 aromatic carbocycles. The van der Waals surface area contributed by atoms with Crippen LogP contribution in [-0.2, 0) is 9.47 Å². The number of piperidine rings is 1. The summed E-state index contributed by atoms with van der Waals surface area (Å²) >= 11 is 0. The Kier molecular flexibility index (Phi) is 5.68. The molecule has 0 bridgehead atoms. The van der Waals surface area contributed by atoms with E-state index in [1.807, 2.05) is 46.7 Å². The molecule has 2 saturated heterocycles. The number of ether oxygens (including phenoxy) is 3. The number of carbonyl (C=O) groups is 1. The highest BCUT2D eigenvalue weighted by Crippen LogP contribution is 2.35. The molecule has 0 saturated carbocycles. The van der Waals surface area contributed by atoms with Gasteiger partial charge in [0.1, 0.15) is 11.6 Å². The smallest absolute Gasteiger partial charge is 0.255 e. The number of hydrogen-bond donors (Lipinski definition) is 0. The van der Waals surface area contributed by atoms with Crippen molar-refractivity contribution in [3.8, 4) is 22.7 Å². The molecule has 0 N–H and O–H groups in total. The molecule has 33 heavy (non-hydrogen) atoms. The van der Waals surface area contributed by atoms with Crippen LogP contribution in [0.4, 0.5) is 4.39 Å². The largest absolute Gasteiger partial charge is 0.497 e. The van der Waals surface area contributed by atoms with Gasteiger partial charge < -0.3 is 23.7 Å². The van der Waals surface area contributed by atoms with Crippen LogP contribution in [-0.4, -0.2) is 54.6 Å². The second-order valence-electron chi connectivity index (χ2n) is 8.47. The zero-order chi connectivity index (χ0) is 23.0. The summed E-state index contributed by atoms with van der Waals surface area (Å²) in [6.07, 6.45) is 1.33. The quantitative estimate of drug-likeness (QED) is 0.584. The fraction of sp³-hybridized carbons (Fsp3) is 0.346. The number of nitrogens with zero attached hydrogens (tertiary/aromatic N) is 2. The molecule has 6 nitrogen and oxygen atoms in total. The molecule has 1 spiro atoms. The Bertz CT molecular complexity index is 1160. The lowest BCUT2D eigenvalue weighted by Gasteiger charge is -2.37. The summed E-state index contributed by atoms with van der Waals surface area (Å²) in [7, 11) is 1.62. The molecule has 3 heterocycles. The van der Waals surface area contributed by atoms with E-state index in [1.54, 1.807) is 19.2 Å². The van der Waals surface area contributed by atoms with Crippen molar-refractivity contribution in [3.63, 3.8) is 0 Å². The fourth-order valence-electron chi connectivity index (χ4n) is 4.75. The maximum absolute atomic E-state index is 13.6. The van der Waals surface area contributed by atoms with Crippen LogP contribution in [0, 0.1) is 12.7 Å². The summed E-state index contributed by atoms with van der Waals surface area (Å²) in [5.74, 6) is -0.132. The lowest BCUT2D eigenvalue weighted by molar-refractivity contribution is -0.181. The Hall–Kier alpha value is -3.16. The van der Waals surface area contributed by atoms with Gasteiger partial charge in [-0.1, -0.05) is 12.1 Å². The summed E-state index contributed by atoms with van der Waals surface area (Å²) < 4.78 is 32.6. The highest BCUT2D eigenvalue weighted by atomic mass is 19.1. The van der Waals surface area contributed by atoms with Gasteiger partial charge in [-0.3, -0.25) is 4.79 Å². The lowest BCUT2D eigenvalue weighted by Crippen LogP contribution is -2.47. The monoisotopic (exact) mass is 450 g/mol. The van der Waals surface area contributed by atoms with Gasteiger partial charge in [0.25, 0.3) is 5.91 Å².